The van der Waals surface area contributed by atoms with Crippen molar-refractivity contribution in [3.8, 4) is 0 Å². The largest absolute Gasteiger partial charge is 0.447 e. The molecule has 1 aromatic heterocycles. The number of fused-ring (bicyclic) bond motifs is 1. The van der Waals surface area contributed by atoms with Crippen molar-refractivity contribution in [1.29, 1.82) is 0 Å². The van der Waals surface area contributed by atoms with E-state index in [-0.39, 0.29) is 6.09 Å². The zero-order valence-corrected chi connectivity index (χ0v) is 14.1. The molecule has 7 heteroatoms. The number of aromatic nitrogens is 2. The number of rotatable bonds is 3. The second-order valence-electron chi connectivity index (χ2n) is 6.56. The Morgan fingerprint density at radius 1 is 1.25 bits per heavy atom. The quantitative estimate of drug-likeness (QED) is 0.858. The number of hydrogen-bond acceptors (Lipinski definition) is 6. The molecule has 124 valence electrons. The molecule has 5 rings (SSSR count). The zero-order chi connectivity index (χ0) is 16.1. The van der Waals surface area contributed by atoms with E-state index < -0.39 is 0 Å². The van der Waals surface area contributed by atoms with Gasteiger partial charge in [-0.25, -0.2) is 9.78 Å². The Balaban J connectivity index is 1.42. The van der Waals surface area contributed by atoms with Crippen LogP contribution in [0, 0.1) is 0 Å². The normalized spacial score (nSPS) is 20.2. The van der Waals surface area contributed by atoms with Crippen molar-refractivity contribution >= 4 is 28.4 Å². The fraction of sp³-hybridized carbons (Fsp3) is 0.471. The number of carbonyl (C=O) groups excluding carboxylic acids is 1. The van der Waals surface area contributed by atoms with Crippen LogP contribution in [0.15, 0.2) is 18.2 Å². The molecule has 2 aromatic rings. The van der Waals surface area contributed by atoms with Crippen molar-refractivity contribution in [2.75, 3.05) is 29.5 Å². The monoisotopic (exact) mass is 342 g/mol. The highest BCUT2D eigenvalue weighted by atomic mass is 32.1. The van der Waals surface area contributed by atoms with E-state index in [9.17, 15) is 4.79 Å². The number of nitrogens with zero attached hydrogens (tertiary/aromatic N) is 4. The van der Waals surface area contributed by atoms with Crippen LogP contribution in [0.2, 0.25) is 0 Å². The Morgan fingerprint density at radius 3 is 2.96 bits per heavy atom. The van der Waals surface area contributed by atoms with Crippen LogP contribution in [0.5, 0.6) is 0 Å². The highest BCUT2D eigenvalue weighted by molar-refractivity contribution is 7.09. The van der Waals surface area contributed by atoms with Crippen LogP contribution >= 0.6 is 11.5 Å². The van der Waals surface area contributed by atoms with Crippen molar-refractivity contribution in [1.82, 2.24) is 9.36 Å². The second-order valence-corrected chi connectivity index (χ2v) is 7.29. The number of hydrogen-bond donors (Lipinski definition) is 0. The lowest BCUT2D eigenvalue weighted by atomic mass is 9.97. The van der Waals surface area contributed by atoms with Crippen LogP contribution in [0.3, 0.4) is 0 Å². The van der Waals surface area contributed by atoms with Gasteiger partial charge in [0.25, 0.3) is 0 Å². The lowest BCUT2D eigenvalue weighted by Gasteiger charge is -2.30. The molecule has 0 N–H and O–H groups in total. The average Bonchev–Trinajstić information content (AvgIpc) is 3.18. The predicted molar refractivity (Wildman–Crippen MR) is 91.8 cm³/mol. The molecule has 3 aliphatic rings. The van der Waals surface area contributed by atoms with Gasteiger partial charge in [-0.15, -0.1) is 0 Å². The third kappa shape index (κ3) is 2.34. The lowest BCUT2D eigenvalue weighted by Crippen LogP contribution is -2.33. The SMILES string of the molecule is O=C1OCCN1c1cccc2c1CCN(c1nc(C3CC3)ns1)C2. The van der Waals surface area contributed by atoms with Gasteiger partial charge in [-0.05, 0) is 36.5 Å². The van der Waals surface area contributed by atoms with Gasteiger partial charge >= 0.3 is 6.09 Å². The Bertz CT molecular complexity index is 802. The summed E-state index contributed by atoms with van der Waals surface area (Å²) in [6, 6.07) is 6.20. The number of ether oxygens (including phenoxy) is 1. The topological polar surface area (TPSA) is 58.6 Å². The molecule has 0 spiro atoms. The predicted octanol–water partition coefficient (Wildman–Crippen LogP) is 2.93. The first-order chi connectivity index (χ1) is 11.8. The van der Waals surface area contributed by atoms with Crippen LogP contribution in [-0.2, 0) is 17.7 Å². The first kappa shape index (κ1) is 14.2. The first-order valence-corrected chi connectivity index (χ1v) is 9.20. The molecule has 2 fully saturated rings. The Morgan fingerprint density at radius 2 is 2.17 bits per heavy atom. The van der Waals surface area contributed by atoms with Gasteiger partial charge in [0, 0.05) is 30.5 Å². The molecular weight excluding hydrogens is 324 g/mol. The van der Waals surface area contributed by atoms with Gasteiger partial charge < -0.3 is 9.64 Å². The number of benzene rings is 1. The molecule has 0 unspecified atom stereocenters. The highest BCUT2D eigenvalue weighted by Crippen LogP contribution is 2.40. The lowest BCUT2D eigenvalue weighted by molar-refractivity contribution is 0.181. The molecular formula is C17H18N4O2S. The summed E-state index contributed by atoms with van der Waals surface area (Å²) in [4.78, 5) is 20.7. The van der Waals surface area contributed by atoms with Crippen LogP contribution in [0.1, 0.15) is 35.7 Å². The van der Waals surface area contributed by atoms with E-state index >= 15 is 0 Å². The van der Waals surface area contributed by atoms with E-state index in [1.165, 1.54) is 35.5 Å². The minimum atomic E-state index is -0.232. The first-order valence-electron chi connectivity index (χ1n) is 8.43. The third-order valence-corrected chi connectivity index (χ3v) is 5.73. The standard InChI is InChI=1S/C17H18N4O2S/c22-17-21(8-9-23-17)14-3-1-2-12-10-20(7-6-13(12)14)16-18-15(19-24-16)11-4-5-11/h1-3,11H,4-10H2. The summed E-state index contributed by atoms with van der Waals surface area (Å²) >= 11 is 1.51. The molecule has 1 aliphatic carbocycles. The molecule has 0 atom stereocenters. The van der Waals surface area contributed by atoms with Crippen LogP contribution in [0.25, 0.3) is 0 Å². The maximum Gasteiger partial charge on any atom is 0.414 e. The van der Waals surface area contributed by atoms with Gasteiger partial charge in [0.05, 0.1) is 12.2 Å². The summed E-state index contributed by atoms with van der Waals surface area (Å²) in [5, 5.41) is 1.02. The van der Waals surface area contributed by atoms with Crippen molar-refractivity contribution in [2.24, 2.45) is 0 Å². The number of anilines is 2. The van der Waals surface area contributed by atoms with Crippen LogP contribution in [-0.4, -0.2) is 35.1 Å². The van der Waals surface area contributed by atoms with Crippen molar-refractivity contribution in [3.05, 3.63) is 35.2 Å². The maximum atomic E-state index is 11.9. The van der Waals surface area contributed by atoms with Gasteiger partial charge in [0.1, 0.15) is 12.4 Å². The van der Waals surface area contributed by atoms with Crippen molar-refractivity contribution < 1.29 is 9.53 Å². The molecule has 1 saturated carbocycles. The Hall–Kier alpha value is -2.15. The zero-order valence-electron chi connectivity index (χ0n) is 13.3. The van der Waals surface area contributed by atoms with E-state index in [2.05, 4.69) is 15.3 Å². The van der Waals surface area contributed by atoms with Crippen LogP contribution in [0.4, 0.5) is 15.6 Å². The minimum Gasteiger partial charge on any atom is -0.447 e. The average molecular weight is 342 g/mol. The highest BCUT2D eigenvalue weighted by Gasteiger charge is 2.31. The molecule has 0 bridgehead atoms. The fourth-order valence-electron chi connectivity index (χ4n) is 3.48. The Labute approximate surface area is 144 Å². The fourth-order valence-corrected chi connectivity index (χ4v) is 4.25. The Kier molecular flexibility index (Phi) is 3.22. The maximum absolute atomic E-state index is 11.9. The smallest absolute Gasteiger partial charge is 0.414 e. The van der Waals surface area contributed by atoms with E-state index in [1.807, 2.05) is 12.1 Å². The summed E-state index contributed by atoms with van der Waals surface area (Å²) < 4.78 is 9.61. The molecule has 1 aromatic carbocycles. The van der Waals surface area contributed by atoms with E-state index in [1.54, 1.807) is 4.90 Å². The molecule has 0 radical (unpaired) electrons. The van der Waals surface area contributed by atoms with Gasteiger partial charge in [0.15, 0.2) is 0 Å². The van der Waals surface area contributed by atoms with Gasteiger partial charge in [-0.2, -0.15) is 4.37 Å². The summed E-state index contributed by atoms with van der Waals surface area (Å²) in [6.07, 6.45) is 3.14. The van der Waals surface area contributed by atoms with Gasteiger partial charge in [-0.3, -0.25) is 4.90 Å². The minimum absolute atomic E-state index is 0.232. The molecule has 3 heterocycles. The number of carbonyl (C=O) groups is 1. The molecule has 1 saturated heterocycles. The molecule has 6 nitrogen and oxygen atoms in total. The van der Waals surface area contributed by atoms with Crippen molar-refractivity contribution in [2.45, 2.75) is 31.7 Å². The summed E-state index contributed by atoms with van der Waals surface area (Å²) in [7, 11) is 0. The van der Waals surface area contributed by atoms with E-state index in [0.717, 1.165) is 36.2 Å². The second kappa shape index (κ2) is 5.44. The van der Waals surface area contributed by atoms with Crippen molar-refractivity contribution in [3.63, 3.8) is 0 Å². The van der Waals surface area contributed by atoms with E-state index in [0.29, 0.717) is 19.1 Å². The molecule has 2 aliphatic heterocycles. The third-order valence-electron chi connectivity index (χ3n) is 4.94. The number of cyclic esters (lactones) is 1. The van der Waals surface area contributed by atoms with Crippen LogP contribution < -0.4 is 9.80 Å². The molecule has 24 heavy (non-hydrogen) atoms. The number of amides is 1. The summed E-state index contributed by atoms with van der Waals surface area (Å²) in [6.45, 7) is 2.85. The summed E-state index contributed by atoms with van der Waals surface area (Å²) in [5.74, 6) is 1.62. The van der Waals surface area contributed by atoms with E-state index in [4.69, 9.17) is 9.72 Å². The van der Waals surface area contributed by atoms with Gasteiger partial charge in [-0.1, -0.05) is 12.1 Å². The molecule has 1 amide bonds. The van der Waals surface area contributed by atoms with Gasteiger partial charge in [0.2, 0.25) is 5.13 Å². The summed E-state index contributed by atoms with van der Waals surface area (Å²) in [5.41, 5.74) is 3.53.